The topological polar surface area (TPSA) is 81.7 Å². The molecule has 1 heterocycles. The Morgan fingerprint density at radius 1 is 1.29 bits per heavy atom. The van der Waals surface area contributed by atoms with Crippen LogP contribution in [-0.2, 0) is 4.79 Å². The molecule has 6 nitrogen and oxygen atoms in total. The highest BCUT2D eigenvalue weighted by Gasteiger charge is 2.21. The van der Waals surface area contributed by atoms with Crippen molar-refractivity contribution in [2.24, 2.45) is 11.8 Å². The number of amides is 2. The van der Waals surface area contributed by atoms with Gasteiger partial charge < -0.3 is 20.6 Å². The number of nitrogens with one attached hydrogen (secondary N) is 2. The van der Waals surface area contributed by atoms with E-state index < -0.39 is 5.97 Å². The fourth-order valence-corrected chi connectivity index (χ4v) is 2.60. The summed E-state index contributed by atoms with van der Waals surface area (Å²) in [6.07, 6.45) is 2.17. The third kappa shape index (κ3) is 6.80. The average molecular weight is 299 g/mol. The van der Waals surface area contributed by atoms with Crippen LogP contribution in [0.4, 0.5) is 4.79 Å². The Balaban J connectivity index is 2.28. The van der Waals surface area contributed by atoms with Crippen LogP contribution in [0.5, 0.6) is 0 Å². The molecule has 0 aromatic carbocycles. The molecule has 0 aliphatic carbocycles. The Morgan fingerprint density at radius 2 is 1.90 bits per heavy atom. The maximum Gasteiger partial charge on any atom is 0.315 e. The lowest BCUT2D eigenvalue weighted by atomic mass is 9.97. The van der Waals surface area contributed by atoms with Crippen LogP contribution in [-0.4, -0.2) is 54.2 Å². The van der Waals surface area contributed by atoms with Crippen molar-refractivity contribution in [3.8, 4) is 0 Å². The summed E-state index contributed by atoms with van der Waals surface area (Å²) in [6.45, 7) is 9.94. The zero-order valence-electron chi connectivity index (χ0n) is 13.4. The number of aliphatic carboxylic acids is 1. The summed E-state index contributed by atoms with van der Waals surface area (Å²) in [4.78, 5) is 25.1. The zero-order valence-corrected chi connectivity index (χ0v) is 13.4. The first-order chi connectivity index (χ1) is 9.92. The van der Waals surface area contributed by atoms with Gasteiger partial charge in [-0.2, -0.15) is 0 Å². The largest absolute Gasteiger partial charge is 0.481 e. The Morgan fingerprint density at radius 3 is 2.38 bits per heavy atom. The summed E-state index contributed by atoms with van der Waals surface area (Å²) >= 11 is 0. The lowest BCUT2D eigenvalue weighted by Gasteiger charge is -2.31. The number of carboxylic acids is 1. The van der Waals surface area contributed by atoms with Crippen molar-refractivity contribution in [3.05, 3.63) is 0 Å². The molecule has 21 heavy (non-hydrogen) atoms. The van der Waals surface area contributed by atoms with Gasteiger partial charge in [0.05, 0.1) is 6.42 Å². The molecule has 0 spiro atoms. The second-order valence-electron chi connectivity index (χ2n) is 6.18. The Bertz CT molecular complexity index is 339. The van der Waals surface area contributed by atoms with Crippen LogP contribution in [0.3, 0.4) is 0 Å². The quantitative estimate of drug-likeness (QED) is 0.665. The molecule has 0 aromatic heterocycles. The van der Waals surface area contributed by atoms with E-state index in [9.17, 15) is 9.59 Å². The number of hydrogen-bond acceptors (Lipinski definition) is 3. The number of nitrogens with zero attached hydrogens (tertiary/aromatic N) is 1. The summed E-state index contributed by atoms with van der Waals surface area (Å²) in [7, 11) is 0. The van der Waals surface area contributed by atoms with Gasteiger partial charge in [-0.15, -0.1) is 0 Å². The number of hydrogen-bond donors (Lipinski definition) is 3. The smallest absolute Gasteiger partial charge is 0.315 e. The molecule has 1 aliphatic heterocycles. The van der Waals surface area contributed by atoms with Crippen molar-refractivity contribution in [1.29, 1.82) is 0 Å². The molecule has 1 unspecified atom stereocenters. The lowest BCUT2D eigenvalue weighted by molar-refractivity contribution is -0.137. The van der Waals surface area contributed by atoms with E-state index in [-0.39, 0.29) is 24.4 Å². The molecule has 1 aliphatic rings. The van der Waals surface area contributed by atoms with Gasteiger partial charge in [0.2, 0.25) is 0 Å². The number of carbonyl (C=O) groups excluding carboxylic acids is 1. The standard InChI is InChI=1S/C15H29N3O3/c1-4-18-7-5-12(6-8-18)10-16-15(21)17-13(11(2)3)9-14(19)20/h11-13H,4-10H2,1-3H3,(H,19,20)(H2,16,17,21). The van der Waals surface area contributed by atoms with Gasteiger partial charge in [-0.3, -0.25) is 4.79 Å². The van der Waals surface area contributed by atoms with E-state index in [1.54, 1.807) is 0 Å². The summed E-state index contributed by atoms with van der Waals surface area (Å²) in [5.74, 6) is -0.267. The Labute approximate surface area is 127 Å². The van der Waals surface area contributed by atoms with Crippen LogP contribution in [0.25, 0.3) is 0 Å². The third-order valence-electron chi connectivity index (χ3n) is 4.22. The van der Waals surface area contributed by atoms with Crippen molar-refractivity contribution < 1.29 is 14.7 Å². The highest BCUT2D eigenvalue weighted by molar-refractivity contribution is 5.75. The number of carboxylic acid groups (broad SMARTS) is 1. The first kappa shape index (κ1) is 17.8. The van der Waals surface area contributed by atoms with Crippen molar-refractivity contribution in [3.63, 3.8) is 0 Å². The van der Waals surface area contributed by atoms with Crippen LogP contribution in [0, 0.1) is 11.8 Å². The van der Waals surface area contributed by atoms with Crippen molar-refractivity contribution >= 4 is 12.0 Å². The molecule has 2 amide bonds. The van der Waals surface area contributed by atoms with E-state index in [1.165, 1.54) is 0 Å². The Hall–Kier alpha value is -1.30. The van der Waals surface area contributed by atoms with E-state index in [2.05, 4.69) is 22.5 Å². The summed E-state index contributed by atoms with van der Waals surface area (Å²) in [5.41, 5.74) is 0. The highest BCUT2D eigenvalue weighted by Crippen LogP contribution is 2.15. The number of likely N-dealkylation sites (tertiary alicyclic amines) is 1. The van der Waals surface area contributed by atoms with E-state index in [1.807, 2.05) is 13.8 Å². The minimum Gasteiger partial charge on any atom is -0.481 e. The molecule has 0 radical (unpaired) electrons. The SMILES string of the molecule is CCN1CCC(CNC(=O)NC(CC(=O)O)C(C)C)CC1. The summed E-state index contributed by atoms with van der Waals surface area (Å²) in [6, 6.07) is -0.586. The number of carbonyl (C=O) groups is 2. The summed E-state index contributed by atoms with van der Waals surface area (Å²) < 4.78 is 0. The van der Waals surface area contributed by atoms with Crippen molar-refractivity contribution in [1.82, 2.24) is 15.5 Å². The molecule has 1 fully saturated rings. The van der Waals surface area contributed by atoms with Gasteiger partial charge >= 0.3 is 12.0 Å². The first-order valence-electron chi connectivity index (χ1n) is 7.90. The number of urea groups is 1. The predicted octanol–water partition coefficient (Wildman–Crippen LogP) is 1.52. The van der Waals surface area contributed by atoms with Gasteiger partial charge in [0, 0.05) is 12.6 Å². The maximum atomic E-state index is 11.9. The van der Waals surface area contributed by atoms with Crippen LogP contribution >= 0.6 is 0 Å². The molecule has 0 bridgehead atoms. The monoisotopic (exact) mass is 299 g/mol. The Kier molecular flexibility index (Phi) is 7.50. The maximum absolute atomic E-state index is 11.9. The second-order valence-corrected chi connectivity index (χ2v) is 6.18. The van der Waals surface area contributed by atoms with E-state index in [0.717, 1.165) is 32.5 Å². The molecule has 1 rings (SSSR count). The van der Waals surface area contributed by atoms with E-state index in [4.69, 9.17) is 5.11 Å². The normalized spacial score (nSPS) is 18.5. The highest BCUT2D eigenvalue weighted by atomic mass is 16.4. The van der Waals surface area contributed by atoms with Gasteiger partial charge in [-0.05, 0) is 44.3 Å². The molecular weight excluding hydrogens is 270 g/mol. The fourth-order valence-electron chi connectivity index (χ4n) is 2.60. The van der Waals surface area contributed by atoms with Crippen molar-refractivity contribution in [2.45, 2.75) is 46.1 Å². The summed E-state index contributed by atoms with van der Waals surface area (Å²) in [5, 5.41) is 14.5. The molecule has 6 heteroatoms. The minimum absolute atomic E-state index is 0.0417. The molecule has 3 N–H and O–H groups in total. The average Bonchev–Trinajstić information content (AvgIpc) is 2.44. The van der Waals surface area contributed by atoms with Gasteiger partial charge in [0.25, 0.3) is 0 Å². The van der Waals surface area contributed by atoms with Gasteiger partial charge in [0.1, 0.15) is 0 Å². The van der Waals surface area contributed by atoms with Gasteiger partial charge in [-0.25, -0.2) is 4.79 Å². The second kappa shape index (κ2) is 8.87. The zero-order chi connectivity index (χ0) is 15.8. The molecule has 0 saturated carbocycles. The van der Waals surface area contributed by atoms with Crippen LogP contribution < -0.4 is 10.6 Å². The van der Waals surface area contributed by atoms with Crippen LogP contribution in [0.15, 0.2) is 0 Å². The molecule has 122 valence electrons. The van der Waals surface area contributed by atoms with Crippen molar-refractivity contribution in [2.75, 3.05) is 26.2 Å². The minimum atomic E-state index is -0.888. The lowest BCUT2D eigenvalue weighted by Crippen LogP contribution is -2.47. The molecule has 1 saturated heterocycles. The van der Waals surface area contributed by atoms with E-state index >= 15 is 0 Å². The molecule has 0 aromatic rings. The van der Waals surface area contributed by atoms with Gasteiger partial charge in [-0.1, -0.05) is 20.8 Å². The fraction of sp³-hybridized carbons (Fsp3) is 0.867. The van der Waals surface area contributed by atoms with Gasteiger partial charge in [0.15, 0.2) is 0 Å². The third-order valence-corrected chi connectivity index (χ3v) is 4.22. The van der Waals surface area contributed by atoms with Crippen LogP contribution in [0.1, 0.15) is 40.0 Å². The molecule has 1 atom stereocenters. The number of rotatable bonds is 7. The number of piperidine rings is 1. The van der Waals surface area contributed by atoms with Crippen LogP contribution in [0.2, 0.25) is 0 Å². The molecular formula is C15H29N3O3. The first-order valence-corrected chi connectivity index (χ1v) is 7.90. The predicted molar refractivity (Wildman–Crippen MR) is 82.3 cm³/mol. The van der Waals surface area contributed by atoms with E-state index in [0.29, 0.717) is 12.5 Å².